The van der Waals surface area contributed by atoms with E-state index >= 15 is 0 Å². The van der Waals surface area contributed by atoms with Crippen LogP contribution in [0.2, 0.25) is 0 Å². The summed E-state index contributed by atoms with van der Waals surface area (Å²) >= 11 is 0. The quantitative estimate of drug-likeness (QED) is 0.382. The molecule has 0 bridgehead atoms. The first-order valence-electron chi connectivity index (χ1n) is 14.2. The summed E-state index contributed by atoms with van der Waals surface area (Å²) in [6.45, 7) is 10.1. The lowest BCUT2D eigenvalue weighted by molar-refractivity contribution is -0.116. The number of nitrogens with zero attached hydrogens (tertiary/aromatic N) is 2. The van der Waals surface area contributed by atoms with Gasteiger partial charge in [0, 0.05) is 37.5 Å². The van der Waals surface area contributed by atoms with E-state index in [1.165, 1.54) is 0 Å². The lowest BCUT2D eigenvalue weighted by Crippen LogP contribution is -2.49. The second-order valence-electron chi connectivity index (χ2n) is 10.2. The van der Waals surface area contributed by atoms with Crippen LogP contribution in [0.1, 0.15) is 38.7 Å². The molecule has 2 heterocycles. The summed E-state index contributed by atoms with van der Waals surface area (Å²) in [7, 11) is 2.16. The minimum atomic E-state index is -0.0513. The number of morpholine rings is 1. The van der Waals surface area contributed by atoms with Crippen molar-refractivity contribution in [2.24, 2.45) is 0 Å². The molecule has 1 fully saturated rings. The number of carbonyl (C=O) groups is 1. The minimum Gasteiger partial charge on any atom is -0.491 e. The molecular formula is C32H43N3O4. The molecule has 0 radical (unpaired) electrons. The van der Waals surface area contributed by atoms with Crippen molar-refractivity contribution in [1.29, 1.82) is 0 Å². The van der Waals surface area contributed by atoms with Crippen LogP contribution in [0.25, 0.3) is 17.2 Å². The molecule has 0 aliphatic carbocycles. The number of benzene rings is 2. The number of hydrogen-bond acceptors (Lipinski definition) is 6. The van der Waals surface area contributed by atoms with Crippen molar-refractivity contribution >= 4 is 17.7 Å². The smallest absolute Gasteiger partial charge is 0.251 e. The molecule has 2 aliphatic heterocycles. The Bertz CT molecular complexity index is 1130. The van der Waals surface area contributed by atoms with E-state index < -0.39 is 0 Å². The molecule has 210 valence electrons. The third-order valence-electron chi connectivity index (χ3n) is 7.30. The maximum Gasteiger partial charge on any atom is 0.251 e. The first kappa shape index (κ1) is 28.9. The van der Waals surface area contributed by atoms with Gasteiger partial charge in [0.15, 0.2) is 0 Å². The molecule has 0 spiro atoms. The molecular weight excluding hydrogens is 490 g/mol. The molecule has 1 atom stereocenters. The number of rotatable bonds is 12. The number of nitrogens with one attached hydrogen (secondary N) is 1. The zero-order valence-electron chi connectivity index (χ0n) is 23.7. The van der Waals surface area contributed by atoms with Gasteiger partial charge < -0.3 is 24.4 Å². The van der Waals surface area contributed by atoms with Crippen LogP contribution in [0, 0.1) is 0 Å². The van der Waals surface area contributed by atoms with Gasteiger partial charge in [-0.25, -0.2) is 0 Å². The van der Waals surface area contributed by atoms with Gasteiger partial charge in [-0.1, -0.05) is 37.6 Å². The van der Waals surface area contributed by atoms with Crippen molar-refractivity contribution in [1.82, 2.24) is 10.2 Å². The molecule has 1 N–H and O–H groups in total. The normalized spacial score (nSPS) is 18.0. The number of hydrogen-bond donors (Lipinski definition) is 1. The van der Waals surface area contributed by atoms with E-state index in [1.54, 1.807) is 6.20 Å². The van der Waals surface area contributed by atoms with Crippen LogP contribution >= 0.6 is 0 Å². The fraction of sp³-hybridized carbons (Fsp3) is 0.469. The number of unbranched alkanes of at least 4 members (excludes halogenated alkanes) is 1. The van der Waals surface area contributed by atoms with Gasteiger partial charge in [-0.2, -0.15) is 0 Å². The van der Waals surface area contributed by atoms with Crippen LogP contribution in [0.5, 0.6) is 5.75 Å². The van der Waals surface area contributed by atoms with Gasteiger partial charge in [-0.15, -0.1) is 0 Å². The van der Waals surface area contributed by atoms with Gasteiger partial charge in [0.05, 0.1) is 25.9 Å². The molecule has 1 unspecified atom stereocenters. The van der Waals surface area contributed by atoms with E-state index in [4.69, 9.17) is 14.2 Å². The van der Waals surface area contributed by atoms with Crippen LogP contribution in [0.3, 0.4) is 0 Å². The standard InChI is InChI=1S/C32H43N3O4/c1-4-6-17-37-19-20-39-30-10-7-25(8-11-30)26-9-12-31-28(21-26)22-27(32(36)33-14-5-2)13-15-35(31)23-29-24-38-18-16-34(29)3/h5,7-12,14,21-22,29H,4,6,13,15-20,23-24H2,1-3H3,(H,33,36)/b14-5+. The van der Waals surface area contributed by atoms with Crippen molar-refractivity contribution in [3.8, 4) is 16.9 Å². The van der Waals surface area contributed by atoms with E-state index in [0.29, 0.717) is 25.7 Å². The molecule has 7 heteroatoms. The monoisotopic (exact) mass is 533 g/mol. The number of fused-ring (bicyclic) bond motifs is 1. The molecule has 4 rings (SSSR count). The lowest BCUT2D eigenvalue weighted by Gasteiger charge is -2.37. The van der Waals surface area contributed by atoms with Crippen molar-refractivity contribution in [3.05, 3.63) is 65.9 Å². The summed E-state index contributed by atoms with van der Waals surface area (Å²) in [4.78, 5) is 17.7. The first-order valence-corrected chi connectivity index (χ1v) is 14.2. The van der Waals surface area contributed by atoms with Crippen LogP contribution in [0.15, 0.2) is 60.3 Å². The Kier molecular flexibility index (Phi) is 11.0. The first-order chi connectivity index (χ1) is 19.1. The number of carbonyl (C=O) groups excluding carboxylic acids is 1. The zero-order chi connectivity index (χ0) is 27.5. The fourth-order valence-corrected chi connectivity index (χ4v) is 4.89. The molecule has 1 amide bonds. The van der Waals surface area contributed by atoms with E-state index in [1.807, 2.05) is 25.1 Å². The van der Waals surface area contributed by atoms with E-state index in [9.17, 15) is 4.79 Å². The second-order valence-corrected chi connectivity index (χ2v) is 10.2. The topological polar surface area (TPSA) is 63.3 Å². The third kappa shape index (κ3) is 8.18. The molecule has 2 aromatic carbocycles. The Morgan fingerprint density at radius 1 is 1.10 bits per heavy atom. The predicted octanol–water partition coefficient (Wildman–Crippen LogP) is 5.12. The summed E-state index contributed by atoms with van der Waals surface area (Å²) in [5, 5.41) is 2.89. The van der Waals surface area contributed by atoms with E-state index in [0.717, 1.165) is 86.0 Å². The maximum absolute atomic E-state index is 12.9. The number of allylic oxidation sites excluding steroid dienone is 1. The van der Waals surface area contributed by atoms with Gasteiger partial charge in [0.1, 0.15) is 12.4 Å². The van der Waals surface area contributed by atoms with Gasteiger partial charge in [-0.3, -0.25) is 9.69 Å². The van der Waals surface area contributed by atoms with Crippen LogP contribution < -0.4 is 15.0 Å². The Morgan fingerprint density at radius 2 is 1.92 bits per heavy atom. The van der Waals surface area contributed by atoms with Crippen LogP contribution in [-0.4, -0.2) is 76.6 Å². The largest absolute Gasteiger partial charge is 0.491 e. The highest BCUT2D eigenvalue weighted by Crippen LogP contribution is 2.33. The average Bonchev–Trinajstić information content (AvgIpc) is 3.14. The lowest BCUT2D eigenvalue weighted by atomic mass is 10.00. The minimum absolute atomic E-state index is 0.0513. The average molecular weight is 534 g/mol. The Balaban J connectivity index is 1.52. The zero-order valence-corrected chi connectivity index (χ0v) is 23.7. The molecule has 0 saturated carbocycles. The number of amides is 1. The molecule has 0 aromatic heterocycles. The fourth-order valence-electron chi connectivity index (χ4n) is 4.89. The Hall–Kier alpha value is -3.13. The van der Waals surface area contributed by atoms with Crippen molar-refractivity contribution in [2.45, 2.75) is 39.2 Å². The summed E-state index contributed by atoms with van der Waals surface area (Å²) < 4.78 is 17.2. The summed E-state index contributed by atoms with van der Waals surface area (Å²) in [6.07, 6.45) is 8.47. The predicted molar refractivity (Wildman–Crippen MR) is 158 cm³/mol. The highest BCUT2D eigenvalue weighted by molar-refractivity contribution is 6.00. The van der Waals surface area contributed by atoms with Crippen LogP contribution in [0.4, 0.5) is 5.69 Å². The highest BCUT2D eigenvalue weighted by atomic mass is 16.5. The molecule has 7 nitrogen and oxygen atoms in total. The maximum atomic E-state index is 12.9. The van der Waals surface area contributed by atoms with Crippen molar-refractivity contribution < 1.29 is 19.0 Å². The molecule has 1 saturated heterocycles. The summed E-state index contributed by atoms with van der Waals surface area (Å²) in [6, 6.07) is 15.0. The summed E-state index contributed by atoms with van der Waals surface area (Å²) in [5.74, 6) is 0.782. The third-order valence-corrected chi connectivity index (χ3v) is 7.30. The highest BCUT2D eigenvalue weighted by Gasteiger charge is 2.26. The molecule has 2 aromatic rings. The van der Waals surface area contributed by atoms with Gasteiger partial charge in [0.25, 0.3) is 5.91 Å². The Labute approximate surface area is 233 Å². The van der Waals surface area contributed by atoms with Gasteiger partial charge in [0.2, 0.25) is 0 Å². The van der Waals surface area contributed by atoms with Gasteiger partial charge >= 0.3 is 0 Å². The Morgan fingerprint density at radius 3 is 2.69 bits per heavy atom. The van der Waals surface area contributed by atoms with Gasteiger partial charge in [-0.05, 0) is 80.0 Å². The van der Waals surface area contributed by atoms with Crippen molar-refractivity contribution in [3.63, 3.8) is 0 Å². The second kappa shape index (κ2) is 14.9. The van der Waals surface area contributed by atoms with E-state index in [2.05, 4.69) is 65.5 Å². The molecule has 2 aliphatic rings. The summed E-state index contributed by atoms with van der Waals surface area (Å²) in [5.41, 5.74) is 5.20. The number of ether oxygens (including phenoxy) is 3. The van der Waals surface area contributed by atoms with Crippen LogP contribution in [-0.2, 0) is 14.3 Å². The molecule has 39 heavy (non-hydrogen) atoms. The number of likely N-dealkylation sites (N-methyl/N-ethyl adjacent to an activating group) is 1. The SMILES string of the molecule is C/C=C/NC(=O)C1=Cc2cc(-c3ccc(OCCOCCCC)cc3)ccc2N(CC2COCCN2C)CC1. The van der Waals surface area contributed by atoms with Crippen molar-refractivity contribution in [2.75, 3.05) is 64.6 Å². The van der Waals surface area contributed by atoms with E-state index in [-0.39, 0.29) is 5.91 Å². The number of anilines is 1.